The Hall–Kier alpha value is -1.71. The molecule has 1 aliphatic heterocycles. The first kappa shape index (κ1) is 11.8. The molecule has 4 heteroatoms. The zero-order valence-corrected chi connectivity index (χ0v) is 10.1. The van der Waals surface area contributed by atoms with E-state index in [1.807, 2.05) is 19.1 Å². The van der Waals surface area contributed by atoms with Gasteiger partial charge < -0.3 is 15.2 Å². The molecule has 2 rings (SSSR count). The van der Waals surface area contributed by atoms with Crippen LogP contribution in [0.2, 0.25) is 0 Å². The Kier molecular flexibility index (Phi) is 3.22. The minimum Gasteiger partial charge on any atom is -0.497 e. The monoisotopic (exact) mass is 235 g/mol. The van der Waals surface area contributed by atoms with Gasteiger partial charge in [0.25, 0.3) is 0 Å². The summed E-state index contributed by atoms with van der Waals surface area (Å²) in [5, 5.41) is 12.1. The van der Waals surface area contributed by atoms with Gasteiger partial charge in [-0.25, -0.2) is 0 Å². The number of methoxy groups -OCH3 is 1. The van der Waals surface area contributed by atoms with Gasteiger partial charge in [0.1, 0.15) is 5.75 Å². The van der Waals surface area contributed by atoms with Crippen LogP contribution < -0.4 is 10.1 Å². The molecule has 0 spiro atoms. The summed E-state index contributed by atoms with van der Waals surface area (Å²) in [5.74, 6) is 0.108. The van der Waals surface area contributed by atoms with Crippen LogP contribution in [-0.2, 0) is 11.2 Å². The summed E-state index contributed by atoms with van der Waals surface area (Å²) in [5.41, 5.74) is 3.39. The molecule has 0 aromatic heterocycles. The number of aliphatic carboxylic acids is 1. The van der Waals surface area contributed by atoms with Crippen LogP contribution in [0.25, 0.3) is 0 Å². The number of carboxylic acids is 1. The molecule has 0 amide bonds. The van der Waals surface area contributed by atoms with E-state index < -0.39 is 5.97 Å². The smallest absolute Gasteiger partial charge is 0.305 e. The van der Waals surface area contributed by atoms with Crippen LogP contribution in [-0.4, -0.2) is 24.2 Å². The molecule has 1 aliphatic rings. The maximum absolute atomic E-state index is 10.7. The van der Waals surface area contributed by atoms with E-state index in [-0.39, 0.29) is 12.5 Å². The first-order valence-electron chi connectivity index (χ1n) is 5.76. The second-order valence-electron chi connectivity index (χ2n) is 4.46. The van der Waals surface area contributed by atoms with Gasteiger partial charge in [0, 0.05) is 11.7 Å². The lowest BCUT2D eigenvalue weighted by Gasteiger charge is -2.28. The van der Waals surface area contributed by atoms with Crippen molar-refractivity contribution in [2.24, 2.45) is 0 Å². The third kappa shape index (κ3) is 2.52. The molecule has 1 heterocycles. The van der Waals surface area contributed by atoms with Gasteiger partial charge in [-0.05, 0) is 43.0 Å². The molecule has 17 heavy (non-hydrogen) atoms. The van der Waals surface area contributed by atoms with Gasteiger partial charge in [-0.1, -0.05) is 0 Å². The highest BCUT2D eigenvalue weighted by molar-refractivity contribution is 5.70. The molecular weight excluding hydrogens is 218 g/mol. The van der Waals surface area contributed by atoms with Crippen molar-refractivity contribution < 1.29 is 14.6 Å². The normalized spacial score (nSPS) is 18.1. The molecule has 0 saturated heterocycles. The van der Waals surface area contributed by atoms with Gasteiger partial charge in [0.2, 0.25) is 0 Å². The van der Waals surface area contributed by atoms with E-state index in [1.54, 1.807) is 7.11 Å². The molecule has 1 unspecified atom stereocenters. The zero-order chi connectivity index (χ0) is 12.4. The summed E-state index contributed by atoms with van der Waals surface area (Å²) in [6.45, 7) is 2.01. The van der Waals surface area contributed by atoms with E-state index in [1.165, 1.54) is 5.56 Å². The standard InChI is InChI=1S/C13H17NO3/c1-8-5-11(17-2)6-9-3-4-10(7-12(15)16)14-13(8)9/h5-6,10,14H,3-4,7H2,1-2H3,(H,15,16). The molecule has 1 aromatic carbocycles. The van der Waals surface area contributed by atoms with Gasteiger partial charge in [-0.2, -0.15) is 0 Å². The van der Waals surface area contributed by atoms with Crippen molar-refractivity contribution in [3.05, 3.63) is 23.3 Å². The maximum atomic E-state index is 10.7. The third-order valence-corrected chi connectivity index (χ3v) is 3.16. The molecule has 0 radical (unpaired) electrons. The molecule has 1 aromatic rings. The Balaban J connectivity index is 2.23. The number of nitrogens with one attached hydrogen (secondary N) is 1. The zero-order valence-electron chi connectivity index (χ0n) is 10.1. The summed E-state index contributed by atoms with van der Waals surface area (Å²) in [4.78, 5) is 10.7. The summed E-state index contributed by atoms with van der Waals surface area (Å²) in [6, 6.07) is 4.02. The van der Waals surface area contributed by atoms with Crippen LogP contribution >= 0.6 is 0 Å². The minimum atomic E-state index is -0.753. The van der Waals surface area contributed by atoms with Crippen molar-refractivity contribution in [3.63, 3.8) is 0 Å². The van der Waals surface area contributed by atoms with E-state index in [0.717, 1.165) is 29.8 Å². The molecule has 0 aliphatic carbocycles. The summed E-state index contributed by atoms with van der Waals surface area (Å²) in [6.07, 6.45) is 1.93. The Bertz CT molecular complexity index is 443. The molecule has 1 atom stereocenters. The van der Waals surface area contributed by atoms with E-state index in [4.69, 9.17) is 9.84 Å². The lowest BCUT2D eigenvalue weighted by Crippen LogP contribution is -2.28. The minimum absolute atomic E-state index is 0.0343. The van der Waals surface area contributed by atoms with Crippen LogP contribution in [0, 0.1) is 6.92 Å². The van der Waals surface area contributed by atoms with E-state index in [2.05, 4.69) is 5.32 Å². The van der Waals surface area contributed by atoms with Crippen LogP contribution in [0.3, 0.4) is 0 Å². The molecule has 92 valence electrons. The Morgan fingerprint density at radius 1 is 1.59 bits per heavy atom. The Labute approximate surface area is 101 Å². The van der Waals surface area contributed by atoms with Crippen LogP contribution in [0.15, 0.2) is 12.1 Å². The maximum Gasteiger partial charge on any atom is 0.305 e. The highest BCUT2D eigenvalue weighted by atomic mass is 16.5. The van der Waals surface area contributed by atoms with E-state index >= 15 is 0 Å². The highest BCUT2D eigenvalue weighted by Gasteiger charge is 2.21. The van der Waals surface area contributed by atoms with Crippen molar-refractivity contribution in [2.45, 2.75) is 32.2 Å². The van der Waals surface area contributed by atoms with Crippen molar-refractivity contribution in [3.8, 4) is 5.75 Å². The number of fused-ring (bicyclic) bond motifs is 1. The molecule has 0 bridgehead atoms. The van der Waals surface area contributed by atoms with Gasteiger partial charge >= 0.3 is 5.97 Å². The summed E-state index contributed by atoms with van der Waals surface area (Å²) in [7, 11) is 1.66. The van der Waals surface area contributed by atoms with Crippen molar-refractivity contribution >= 4 is 11.7 Å². The van der Waals surface area contributed by atoms with Crippen LogP contribution in [0.5, 0.6) is 5.75 Å². The topological polar surface area (TPSA) is 58.6 Å². The molecule has 0 saturated carbocycles. The van der Waals surface area contributed by atoms with Gasteiger partial charge in [-0.3, -0.25) is 4.79 Å². The average Bonchev–Trinajstić information content (AvgIpc) is 2.29. The van der Waals surface area contributed by atoms with Gasteiger partial charge in [0.15, 0.2) is 0 Å². The van der Waals surface area contributed by atoms with Gasteiger partial charge in [-0.15, -0.1) is 0 Å². The predicted octanol–water partition coefficient (Wildman–Crippen LogP) is 2.21. The van der Waals surface area contributed by atoms with Gasteiger partial charge in [0.05, 0.1) is 13.5 Å². The predicted molar refractivity (Wildman–Crippen MR) is 65.7 cm³/mol. The SMILES string of the molecule is COc1cc(C)c2c(c1)CCC(CC(=O)O)N2. The summed E-state index contributed by atoms with van der Waals surface area (Å²) >= 11 is 0. The largest absolute Gasteiger partial charge is 0.497 e. The van der Waals surface area contributed by atoms with Crippen LogP contribution in [0.1, 0.15) is 24.0 Å². The van der Waals surface area contributed by atoms with Crippen molar-refractivity contribution in [2.75, 3.05) is 12.4 Å². The number of hydrogen-bond acceptors (Lipinski definition) is 3. The lowest BCUT2D eigenvalue weighted by molar-refractivity contribution is -0.137. The fourth-order valence-corrected chi connectivity index (χ4v) is 2.32. The second kappa shape index (κ2) is 4.65. The Morgan fingerprint density at radius 3 is 3.00 bits per heavy atom. The van der Waals surface area contributed by atoms with E-state index in [9.17, 15) is 4.79 Å². The third-order valence-electron chi connectivity index (χ3n) is 3.16. The first-order chi connectivity index (χ1) is 8.10. The number of rotatable bonds is 3. The van der Waals surface area contributed by atoms with Crippen molar-refractivity contribution in [1.29, 1.82) is 0 Å². The highest BCUT2D eigenvalue weighted by Crippen LogP contribution is 2.32. The first-order valence-corrected chi connectivity index (χ1v) is 5.76. The second-order valence-corrected chi connectivity index (χ2v) is 4.46. The Morgan fingerprint density at radius 2 is 2.35 bits per heavy atom. The fourth-order valence-electron chi connectivity index (χ4n) is 2.32. The van der Waals surface area contributed by atoms with E-state index in [0.29, 0.717) is 0 Å². The summed E-state index contributed by atoms with van der Waals surface area (Å²) < 4.78 is 5.23. The molecule has 2 N–H and O–H groups in total. The molecule has 0 fully saturated rings. The van der Waals surface area contributed by atoms with Crippen molar-refractivity contribution in [1.82, 2.24) is 0 Å². The quantitative estimate of drug-likeness (QED) is 0.843. The fraction of sp³-hybridized carbons (Fsp3) is 0.462. The lowest BCUT2D eigenvalue weighted by atomic mass is 9.94. The number of anilines is 1. The van der Waals surface area contributed by atoms with Crippen LogP contribution in [0.4, 0.5) is 5.69 Å². The number of benzene rings is 1. The number of ether oxygens (including phenoxy) is 1. The average molecular weight is 235 g/mol. The number of carbonyl (C=O) groups is 1. The number of aryl methyl sites for hydroxylation is 2. The number of carboxylic acid groups (broad SMARTS) is 1. The molecular formula is C13H17NO3. The molecule has 4 nitrogen and oxygen atoms in total. The number of hydrogen-bond donors (Lipinski definition) is 2.